The van der Waals surface area contributed by atoms with Crippen molar-refractivity contribution < 1.29 is 9.32 Å². The molecule has 7 heteroatoms. The molecule has 1 aromatic heterocycles. The summed E-state index contributed by atoms with van der Waals surface area (Å²) in [6, 6.07) is 9.36. The van der Waals surface area contributed by atoms with E-state index in [1.165, 1.54) is 0 Å². The van der Waals surface area contributed by atoms with Crippen LogP contribution in [0.1, 0.15) is 18.7 Å². The van der Waals surface area contributed by atoms with E-state index in [1.54, 1.807) is 0 Å². The van der Waals surface area contributed by atoms with Crippen LogP contribution in [-0.2, 0) is 6.54 Å². The van der Waals surface area contributed by atoms with Gasteiger partial charge in [-0.1, -0.05) is 35.5 Å². The quantitative estimate of drug-likeness (QED) is 0.778. The summed E-state index contributed by atoms with van der Waals surface area (Å²) in [4.78, 5) is 16.1. The normalized spacial score (nSPS) is 17.7. The summed E-state index contributed by atoms with van der Waals surface area (Å²) in [5.41, 5.74) is 0.886. The number of carbonyl (C=O) groups excluding carboxylic acids is 1. The minimum Gasteiger partial charge on any atom is -0.338 e. The highest BCUT2D eigenvalue weighted by Gasteiger charge is 2.14. The maximum Gasteiger partial charge on any atom is 0.315 e. The van der Waals surface area contributed by atoms with Gasteiger partial charge in [0.2, 0.25) is 11.7 Å². The number of aromatic nitrogens is 2. The van der Waals surface area contributed by atoms with Crippen molar-refractivity contribution in [3.05, 3.63) is 36.2 Å². The Bertz CT molecular complexity index is 622. The van der Waals surface area contributed by atoms with Gasteiger partial charge in [-0.15, -0.1) is 0 Å². The summed E-state index contributed by atoms with van der Waals surface area (Å²) >= 11 is 0. The molecule has 1 unspecified atom stereocenters. The topological polar surface area (TPSA) is 92.1 Å². The number of carbonyl (C=O) groups is 1. The molecule has 3 rings (SSSR count). The number of benzene rings is 1. The van der Waals surface area contributed by atoms with Crippen molar-refractivity contribution in [2.45, 2.75) is 19.4 Å². The number of hydrogen-bond acceptors (Lipinski definition) is 5. The van der Waals surface area contributed by atoms with Crippen LogP contribution in [0.2, 0.25) is 0 Å². The van der Waals surface area contributed by atoms with Crippen LogP contribution in [0.5, 0.6) is 0 Å². The third kappa shape index (κ3) is 4.53. The van der Waals surface area contributed by atoms with Crippen molar-refractivity contribution >= 4 is 6.03 Å². The Labute approximate surface area is 134 Å². The van der Waals surface area contributed by atoms with E-state index in [4.69, 9.17) is 4.52 Å². The maximum atomic E-state index is 11.8. The van der Waals surface area contributed by atoms with Crippen molar-refractivity contribution in [2.75, 3.05) is 19.6 Å². The number of amides is 2. The van der Waals surface area contributed by atoms with Gasteiger partial charge in [-0.05, 0) is 31.8 Å². The van der Waals surface area contributed by atoms with Crippen LogP contribution in [0.4, 0.5) is 4.79 Å². The molecule has 0 radical (unpaired) electrons. The fourth-order valence-corrected chi connectivity index (χ4v) is 2.58. The molecule has 3 N–H and O–H groups in total. The highest BCUT2D eigenvalue weighted by molar-refractivity contribution is 5.73. The molecule has 122 valence electrons. The zero-order valence-corrected chi connectivity index (χ0v) is 12.9. The molecule has 1 saturated heterocycles. The molecular formula is C16H21N5O2. The molecule has 1 aliphatic heterocycles. The largest absolute Gasteiger partial charge is 0.338 e. The molecule has 0 saturated carbocycles. The number of rotatable bonds is 5. The Morgan fingerprint density at radius 2 is 2.17 bits per heavy atom. The van der Waals surface area contributed by atoms with Crippen molar-refractivity contribution in [1.82, 2.24) is 26.1 Å². The Morgan fingerprint density at radius 1 is 1.30 bits per heavy atom. The molecule has 2 aromatic rings. The first-order valence-electron chi connectivity index (χ1n) is 7.91. The van der Waals surface area contributed by atoms with Gasteiger partial charge in [-0.3, -0.25) is 0 Å². The van der Waals surface area contributed by atoms with Gasteiger partial charge < -0.3 is 20.5 Å². The second-order valence-electron chi connectivity index (χ2n) is 5.65. The summed E-state index contributed by atoms with van der Waals surface area (Å²) in [6.45, 7) is 2.93. The molecule has 1 aliphatic rings. The molecule has 2 heterocycles. The summed E-state index contributed by atoms with van der Waals surface area (Å²) in [5.74, 6) is 1.41. The zero-order valence-electron chi connectivity index (χ0n) is 12.9. The van der Waals surface area contributed by atoms with Crippen LogP contribution in [0.25, 0.3) is 11.4 Å². The standard InChI is InChI=1S/C16H21N5O2/c22-16(18-10-12-5-4-8-17-9-12)19-11-14-20-15(21-23-14)13-6-2-1-3-7-13/h1-3,6-7,12,17H,4-5,8-11H2,(H2,18,19,22). The van der Waals surface area contributed by atoms with E-state index in [0.717, 1.165) is 31.5 Å². The number of piperidine rings is 1. The van der Waals surface area contributed by atoms with E-state index < -0.39 is 0 Å². The average molecular weight is 315 g/mol. The molecule has 0 aliphatic carbocycles. The fraction of sp³-hybridized carbons (Fsp3) is 0.438. The molecule has 0 bridgehead atoms. The van der Waals surface area contributed by atoms with Crippen LogP contribution in [0.3, 0.4) is 0 Å². The lowest BCUT2D eigenvalue weighted by atomic mass is 10.00. The van der Waals surface area contributed by atoms with Gasteiger partial charge in [-0.2, -0.15) is 4.98 Å². The van der Waals surface area contributed by atoms with E-state index in [9.17, 15) is 4.79 Å². The van der Waals surface area contributed by atoms with E-state index in [2.05, 4.69) is 26.1 Å². The molecule has 1 fully saturated rings. The van der Waals surface area contributed by atoms with Crippen molar-refractivity contribution in [3.63, 3.8) is 0 Å². The van der Waals surface area contributed by atoms with Gasteiger partial charge in [-0.25, -0.2) is 4.79 Å². The molecule has 1 aromatic carbocycles. The minimum absolute atomic E-state index is 0.213. The first-order chi connectivity index (χ1) is 11.3. The van der Waals surface area contributed by atoms with Gasteiger partial charge in [0.15, 0.2) is 0 Å². The Balaban J connectivity index is 1.43. The highest BCUT2D eigenvalue weighted by Crippen LogP contribution is 2.14. The molecule has 7 nitrogen and oxygen atoms in total. The van der Waals surface area contributed by atoms with Crippen LogP contribution < -0.4 is 16.0 Å². The second-order valence-corrected chi connectivity index (χ2v) is 5.65. The molecule has 0 spiro atoms. The number of nitrogens with one attached hydrogen (secondary N) is 3. The summed E-state index contributed by atoms with van der Waals surface area (Å²) in [7, 11) is 0. The van der Waals surface area contributed by atoms with Gasteiger partial charge in [0.05, 0.1) is 6.54 Å². The number of urea groups is 1. The van der Waals surface area contributed by atoms with Gasteiger partial charge >= 0.3 is 6.03 Å². The van der Waals surface area contributed by atoms with E-state index in [0.29, 0.717) is 24.2 Å². The number of hydrogen-bond donors (Lipinski definition) is 3. The summed E-state index contributed by atoms with van der Waals surface area (Å²) in [6.07, 6.45) is 2.32. The molecule has 23 heavy (non-hydrogen) atoms. The van der Waals surface area contributed by atoms with Crippen molar-refractivity contribution in [1.29, 1.82) is 0 Å². The maximum absolute atomic E-state index is 11.8. The number of nitrogens with zero attached hydrogens (tertiary/aromatic N) is 2. The average Bonchev–Trinajstić information content (AvgIpc) is 3.09. The van der Waals surface area contributed by atoms with Crippen molar-refractivity contribution in [2.24, 2.45) is 5.92 Å². The van der Waals surface area contributed by atoms with Crippen LogP contribution in [0, 0.1) is 5.92 Å². The van der Waals surface area contributed by atoms with E-state index in [-0.39, 0.29) is 12.6 Å². The first kappa shape index (κ1) is 15.5. The summed E-state index contributed by atoms with van der Waals surface area (Å²) < 4.78 is 5.15. The zero-order chi connectivity index (χ0) is 15.9. The first-order valence-corrected chi connectivity index (χ1v) is 7.91. The third-order valence-electron chi connectivity index (χ3n) is 3.85. The predicted molar refractivity (Wildman–Crippen MR) is 85.6 cm³/mol. The Morgan fingerprint density at radius 3 is 2.96 bits per heavy atom. The van der Waals surface area contributed by atoms with E-state index in [1.807, 2.05) is 30.3 Å². The predicted octanol–water partition coefficient (Wildman–Crippen LogP) is 1.54. The molecule has 2 amide bonds. The lowest BCUT2D eigenvalue weighted by Gasteiger charge is -2.22. The molecular weight excluding hydrogens is 294 g/mol. The van der Waals surface area contributed by atoms with Gasteiger partial charge in [0.25, 0.3) is 0 Å². The van der Waals surface area contributed by atoms with Gasteiger partial charge in [0.1, 0.15) is 0 Å². The Hall–Kier alpha value is -2.41. The lowest BCUT2D eigenvalue weighted by Crippen LogP contribution is -2.42. The minimum atomic E-state index is -0.213. The molecule has 1 atom stereocenters. The third-order valence-corrected chi connectivity index (χ3v) is 3.85. The summed E-state index contributed by atoms with van der Waals surface area (Å²) in [5, 5.41) is 12.9. The van der Waals surface area contributed by atoms with Crippen LogP contribution in [-0.4, -0.2) is 35.8 Å². The van der Waals surface area contributed by atoms with Crippen LogP contribution >= 0.6 is 0 Å². The second kappa shape index (κ2) is 7.73. The monoisotopic (exact) mass is 315 g/mol. The smallest absolute Gasteiger partial charge is 0.315 e. The van der Waals surface area contributed by atoms with Gasteiger partial charge in [0, 0.05) is 12.1 Å². The highest BCUT2D eigenvalue weighted by atomic mass is 16.5. The van der Waals surface area contributed by atoms with Crippen molar-refractivity contribution in [3.8, 4) is 11.4 Å². The SMILES string of the molecule is O=C(NCc1nc(-c2ccccc2)no1)NCC1CCCNC1. The van der Waals surface area contributed by atoms with Crippen LogP contribution in [0.15, 0.2) is 34.9 Å². The van der Waals surface area contributed by atoms with E-state index >= 15 is 0 Å². The Kier molecular flexibility index (Phi) is 5.21. The lowest BCUT2D eigenvalue weighted by molar-refractivity contribution is 0.234. The fourth-order valence-electron chi connectivity index (χ4n) is 2.58.